The van der Waals surface area contributed by atoms with Crippen LogP contribution in [0.5, 0.6) is 0 Å². The Balaban J connectivity index is 0.000000640. The zero-order chi connectivity index (χ0) is 6.20. The molecule has 0 saturated carbocycles. The van der Waals surface area contributed by atoms with Crippen molar-refractivity contribution in [1.29, 1.82) is 0 Å². The van der Waals surface area contributed by atoms with Crippen LogP contribution in [0.3, 0.4) is 0 Å². The zero-order valence-electron chi connectivity index (χ0n) is 6.40. The number of halogens is 1. The molecule has 0 aromatic heterocycles. The van der Waals surface area contributed by atoms with E-state index >= 15 is 0 Å². The van der Waals surface area contributed by atoms with Gasteiger partial charge in [-0.1, -0.05) is 13.8 Å². The fourth-order valence-corrected chi connectivity index (χ4v) is 1.42. The quantitative estimate of drug-likeness (QED) is 0.554. The van der Waals surface area contributed by atoms with Crippen LogP contribution in [0, 0.1) is 5.41 Å². The first-order valence-corrected chi connectivity index (χ1v) is 3.33. The van der Waals surface area contributed by atoms with Gasteiger partial charge in [-0.05, 0) is 18.8 Å². The van der Waals surface area contributed by atoms with Crippen molar-refractivity contribution in [2.45, 2.75) is 33.2 Å². The largest absolute Gasteiger partial charge is 0.314 e. The summed E-state index contributed by atoms with van der Waals surface area (Å²) in [5.41, 5.74) is 0.555. The maximum atomic E-state index is 3.41. The molecule has 1 aliphatic heterocycles. The maximum Gasteiger partial charge on any atom is 0.00445 e. The van der Waals surface area contributed by atoms with Crippen molar-refractivity contribution in [3.05, 3.63) is 0 Å². The molecule has 1 heterocycles. The summed E-state index contributed by atoms with van der Waals surface area (Å²) in [6.07, 6.45) is 1.33. The molecule has 1 saturated heterocycles. The Bertz CT molecular complexity index is 90.9. The molecule has 2 heteroatoms. The summed E-state index contributed by atoms with van der Waals surface area (Å²) in [5, 5.41) is 3.41. The molecule has 1 fully saturated rings. The van der Waals surface area contributed by atoms with Crippen LogP contribution in [0.25, 0.3) is 0 Å². The Kier molecular flexibility index (Phi) is 2.97. The van der Waals surface area contributed by atoms with Gasteiger partial charge in [-0.25, -0.2) is 0 Å². The molecule has 0 bridgehead atoms. The van der Waals surface area contributed by atoms with Crippen LogP contribution in [0.15, 0.2) is 0 Å². The minimum Gasteiger partial charge on any atom is -0.314 e. The second kappa shape index (κ2) is 2.89. The predicted molar refractivity (Wildman–Crippen MR) is 43.1 cm³/mol. The molecule has 1 N–H and O–H groups in total. The SMILES string of the molecule is CC1CC(C)(C)CN1.Cl. The first kappa shape index (κ1) is 9.25. The fourth-order valence-electron chi connectivity index (χ4n) is 1.42. The fraction of sp³-hybridized carbons (Fsp3) is 1.00. The second-order valence-corrected chi connectivity index (χ2v) is 3.65. The van der Waals surface area contributed by atoms with E-state index in [1.54, 1.807) is 0 Å². The van der Waals surface area contributed by atoms with Crippen LogP contribution >= 0.6 is 12.4 Å². The summed E-state index contributed by atoms with van der Waals surface area (Å²) in [7, 11) is 0. The molecule has 1 aliphatic rings. The second-order valence-electron chi connectivity index (χ2n) is 3.65. The van der Waals surface area contributed by atoms with Gasteiger partial charge in [0.05, 0.1) is 0 Å². The lowest BCUT2D eigenvalue weighted by Crippen LogP contribution is -2.18. The molecular weight excluding hydrogens is 134 g/mol. The topological polar surface area (TPSA) is 12.0 Å². The van der Waals surface area contributed by atoms with Crippen LogP contribution in [0.1, 0.15) is 27.2 Å². The van der Waals surface area contributed by atoms with Crippen molar-refractivity contribution < 1.29 is 0 Å². The zero-order valence-corrected chi connectivity index (χ0v) is 7.22. The summed E-state index contributed by atoms with van der Waals surface area (Å²) in [4.78, 5) is 0. The summed E-state index contributed by atoms with van der Waals surface area (Å²) in [6, 6.07) is 0.741. The predicted octanol–water partition coefficient (Wildman–Crippen LogP) is 1.82. The first-order valence-electron chi connectivity index (χ1n) is 3.33. The van der Waals surface area contributed by atoms with Gasteiger partial charge in [-0.2, -0.15) is 0 Å². The highest BCUT2D eigenvalue weighted by Crippen LogP contribution is 2.26. The van der Waals surface area contributed by atoms with E-state index in [4.69, 9.17) is 0 Å². The van der Waals surface area contributed by atoms with Gasteiger partial charge in [0.2, 0.25) is 0 Å². The minimum atomic E-state index is 0. The standard InChI is InChI=1S/C7H15N.ClH/c1-6-4-7(2,3)5-8-6;/h6,8H,4-5H2,1-3H3;1H. The van der Waals surface area contributed by atoms with Crippen LogP contribution in [-0.4, -0.2) is 12.6 Å². The van der Waals surface area contributed by atoms with Crippen molar-refractivity contribution in [1.82, 2.24) is 5.32 Å². The van der Waals surface area contributed by atoms with Gasteiger partial charge in [0.1, 0.15) is 0 Å². The molecule has 0 aromatic carbocycles. The van der Waals surface area contributed by atoms with Crippen molar-refractivity contribution in [3.8, 4) is 0 Å². The molecule has 1 rings (SSSR count). The molecular formula is C7H16ClN. The van der Waals surface area contributed by atoms with E-state index in [0.29, 0.717) is 5.41 Å². The third kappa shape index (κ3) is 2.55. The smallest absolute Gasteiger partial charge is 0.00445 e. The lowest BCUT2D eigenvalue weighted by molar-refractivity contribution is 0.405. The van der Waals surface area contributed by atoms with Crippen LogP contribution in [-0.2, 0) is 0 Å². The Morgan fingerprint density at radius 1 is 1.44 bits per heavy atom. The van der Waals surface area contributed by atoms with Gasteiger partial charge in [-0.3, -0.25) is 0 Å². The summed E-state index contributed by atoms with van der Waals surface area (Å²) in [6.45, 7) is 8.05. The van der Waals surface area contributed by atoms with Crippen molar-refractivity contribution in [3.63, 3.8) is 0 Å². The average molecular weight is 150 g/mol. The Morgan fingerprint density at radius 2 is 2.00 bits per heavy atom. The number of nitrogens with one attached hydrogen (secondary N) is 1. The highest BCUT2D eigenvalue weighted by molar-refractivity contribution is 5.85. The van der Waals surface area contributed by atoms with E-state index < -0.39 is 0 Å². The van der Waals surface area contributed by atoms with Crippen LogP contribution in [0.2, 0.25) is 0 Å². The van der Waals surface area contributed by atoms with E-state index in [1.807, 2.05) is 0 Å². The van der Waals surface area contributed by atoms with Crippen molar-refractivity contribution in [2.75, 3.05) is 6.54 Å². The van der Waals surface area contributed by atoms with Crippen LogP contribution in [0.4, 0.5) is 0 Å². The summed E-state index contributed by atoms with van der Waals surface area (Å²) in [5.74, 6) is 0. The molecule has 1 atom stereocenters. The van der Waals surface area contributed by atoms with E-state index in [9.17, 15) is 0 Å². The van der Waals surface area contributed by atoms with Gasteiger partial charge in [0.15, 0.2) is 0 Å². The summed E-state index contributed by atoms with van der Waals surface area (Å²) >= 11 is 0. The van der Waals surface area contributed by atoms with Gasteiger partial charge >= 0.3 is 0 Å². The van der Waals surface area contributed by atoms with Crippen molar-refractivity contribution >= 4 is 12.4 Å². The normalized spacial score (nSPS) is 31.7. The van der Waals surface area contributed by atoms with Gasteiger partial charge in [0, 0.05) is 12.6 Å². The van der Waals surface area contributed by atoms with Crippen molar-refractivity contribution in [2.24, 2.45) is 5.41 Å². The van der Waals surface area contributed by atoms with Gasteiger partial charge in [0.25, 0.3) is 0 Å². The third-order valence-corrected chi connectivity index (χ3v) is 1.79. The highest BCUT2D eigenvalue weighted by Gasteiger charge is 2.27. The van der Waals surface area contributed by atoms with Gasteiger partial charge < -0.3 is 5.32 Å². The Morgan fingerprint density at radius 3 is 2.11 bits per heavy atom. The summed E-state index contributed by atoms with van der Waals surface area (Å²) < 4.78 is 0. The van der Waals surface area contributed by atoms with Crippen LogP contribution < -0.4 is 5.32 Å². The molecule has 0 amide bonds. The third-order valence-electron chi connectivity index (χ3n) is 1.79. The minimum absolute atomic E-state index is 0. The molecule has 0 aromatic rings. The van der Waals surface area contributed by atoms with Gasteiger partial charge in [-0.15, -0.1) is 12.4 Å². The molecule has 1 nitrogen and oxygen atoms in total. The molecule has 0 radical (unpaired) electrons. The number of hydrogen-bond donors (Lipinski definition) is 1. The molecule has 0 aliphatic carbocycles. The lowest BCUT2D eigenvalue weighted by Gasteiger charge is -2.13. The maximum absolute atomic E-state index is 3.41. The average Bonchev–Trinajstić information content (AvgIpc) is 1.82. The Labute approximate surface area is 63.6 Å². The van der Waals surface area contributed by atoms with E-state index in [2.05, 4.69) is 26.1 Å². The number of rotatable bonds is 0. The highest BCUT2D eigenvalue weighted by atomic mass is 35.5. The Hall–Kier alpha value is 0.250. The van der Waals surface area contributed by atoms with E-state index in [1.165, 1.54) is 13.0 Å². The van der Waals surface area contributed by atoms with E-state index in [-0.39, 0.29) is 12.4 Å². The van der Waals surface area contributed by atoms with E-state index in [0.717, 1.165) is 6.04 Å². The monoisotopic (exact) mass is 149 g/mol. The number of hydrogen-bond acceptors (Lipinski definition) is 1. The molecule has 9 heavy (non-hydrogen) atoms. The first-order chi connectivity index (χ1) is 3.60. The molecule has 0 spiro atoms. The molecule has 1 unspecified atom stereocenters. The molecule has 56 valence electrons. The lowest BCUT2D eigenvalue weighted by atomic mass is 9.91.